The van der Waals surface area contributed by atoms with Gasteiger partial charge in [-0.25, -0.2) is 4.79 Å². The van der Waals surface area contributed by atoms with Gasteiger partial charge in [0, 0.05) is 18.7 Å². The molecule has 4 rings (SSSR count). The third kappa shape index (κ3) is 2.14. The molecule has 0 bridgehead atoms. The van der Waals surface area contributed by atoms with E-state index >= 15 is 0 Å². The molecule has 4 amide bonds. The summed E-state index contributed by atoms with van der Waals surface area (Å²) < 4.78 is 0. The lowest BCUT2D eigenvalue weighted by Gasteiger charge is -2.42. The van der Waals surface area contributed by atoms with Crippen LogP contribution in [-0.4, -0.2) is 53.3 Å². The van der Waals surface area contributed by atoms with Gasteiger partial charge in [0.15, 0.2) is 0 Å². The summed E-state index contributed by atoms with van der Waals surface area (Å²) in [7, 11) is 0. The summed E-state index contributed by atoms with van der Waals surface area (Å²) in [6.45, 7) is 0.828. The number of rotatable bonds is 2. The summed E-state index contributed by atoms with van der Waals surface area (Å²) in [6, 6.07) is 12.8. The van der Waals surface area contributed by atoms with Gasteiger partial charge >= 0.3 is 6.03 Å². The van der Waals surface area contributed by atoms with Gasteiger partial charge in [-0.1, -0.05) is 36.4 Å². The molecule has 2 aromatic carbocycles. The maximum absolute atomic E-state index is 12.7. The minimum atomic E-state index is -0.364. The topological polar surface area (TPSA) is 69.7 Å². The standard InChI is InChI=1S/C17H15N3O3/c21-15-8-18-17(23)20(15)12-9-19(10-12)16(22)14-7-3-5-11-4-1-2-6-13(11)14/h1-7,12H,8-10H2,(H,18,23). The van der Waals surface area contributed by atoms with E-state index in [4.69, 9.17) is 0 Å². The molecule has 0 spiro atoms. The minimum absolute atomic E-state index is 0.0482. The zero-order chi connectivity index (χ0) is 16.0. The Kier molecular flexibility index (Phi) is 3.04. The smallest absolute Gasteiger partial charge is 0.324 e. The predicted octanol–water partition coefficient (Wildman–Crippen LogP) is 1.22. The Balaban J connectivity index is 1.53. The fourth-order valence-corrected chi connectivity index (χ4v) is 3.17. The number of benzene rings is 2. The van der Waals surface area contributed by atoms with Gasteiger partial charge in [-0.15, -0.1) is 0 Å². The van der Waals surface area contributed by atoms with E-state index in [1.54, 1.807) is 4.90 Å². The van der Waals surface area contributed by atoms with Gasteiger partial charge in [-0.05, 0) is 16.8 Å². The minimum Gasteiger partial charge on any atom is -0.334 e. The average Bonchev–Trinajstić information content (AvgIpc) is 2.85. The first-order chi connectivity index (χ1) is 11.1. The maximum atomic E-state index is 12.7. The summed E-state index contributed by atoms with van der Waals surface area (Å²) in [5.41, 5.74) is 0.652. The van der Waals surface area contributed by atoms with Crippen molar-refractivity contribution in [3.05, 3.63) is 48.0 Å². The van der Waals surface area contributed by atoms with Crippen LogP contribution in [0.2, 0.25) is 0 Å². The number of likely N-dealkylation sites (tertiary alicyclic amines) is 1. The molecule has 6 nitrogen and oxygen atoms in total. The first kappa shape index (κ1) is 13.8. The Morgan fingerprint density at radius 1 is 1.04 bits per heavy atom. The molecule has 1 N–H and O–H groups in total. The molecule has 2 saturated heterocycles. The van der Waals surface area contributed by atoms with Crippen LogP contribution in [-0.2, 0) is 4.79 Å². The SMILES string of the molecule is O=C(c1cccc2ccccc12)N1CC(N2C(=O)CNC2=O)C1. The van der Waals surface area contributed by atoms with Crippen molar-refractivity contribution in [3.63, 3.8) is 0 Å². The molecule has 23 heavy (non-hydrogen) atoms. The number of hydrogen-bond acceptors (Lipinski definition) is 3. The summed E-state index contributed by atoms with van der Waals surface area (Å²) in [5, 5.41) is 4.44. The third-order valence-corrected chi connectivity index (χ3v) is 4.41. The maximum Gasteiger partial charge on any atom is 0.324 e. The number of amides is 4. The summed E-state index contributed by atoms with van der Waals surface area (Å²) in [6.07, 6.45) is 0. The van der Waals surface area contributed by atoms with Gasteiger partial charge in [-0.3, -0.25) is 14.5 Å². The second kappa shape index (κ2) is 5.08. The Bertz CT molecular complexity index is 805. The van der Waals surface area contributed by atoms with Crippen molar-refractivity contribution in [1.82, 2.24) is 15.1 Å². The molecule has 2 fully saturated rings. The molecule has 2 aliphatic heterocycles. The molecule has 0 unspecified atom stereocenters. The highest BCUT2D eigenvalue weighted by molar-refractivity contribution is 6.07. The largest absolute Gasteiger partial charge is 0.334 e. The number of carbonyl (C=O) groups excluding carboxylic acids is 3. The van der Waals surface area contributed by atoms with Gasteiger partial charge in [0.2, 0.25) is 5.91 Å². The molecular weight excluding hydrogens is 294 g/mol. The second-order valence-corrected chi connectivity index (χ2v) is 5.81. The summed E-state index contributed by atoms with van der Waals surface area (Å²) >= 11 is 0. The van der Waals surface area contributed by atoms with E-state index in [0.717, 1.165) is 10.8 Å². The molecule has 0 atom stereocenters. The van der Waals surface area contributed by atoms with Crippen molar-refractivity contribution in [2.24, 2.45) is 0 Å². The molecule has 0 saturated carbocycles. The van der Waals surface area contributed by atoms with Crippen LogP contribution in [0.25, 0.3) is 10.8 Å². The average molecular weight is 309 g/mol. The van der Waals surface area contributed by atoms with E-state index in [0.29, 0.717) is 18.7 Å². The van der Waals surface area contributed by atoms with Gasteiger partial charge in [0.25, 0.3) is 5.91 Å². The highest BCUT2D eigenvalue weighted by Crippen LogP contribution is 2.24. The Morgan fingerprint density at radius 2 is 1.78 bits per heavy atom. The van der Waals surface area contributed by atoms with Crippen molar-refractivity contribution in [2.75, 3.05) is 19.6 Å². The fourth-order valence-electron chi connectivity index (χ4n) is 3.17. The molecule has 116 valence electrons. The molecular formula is C17H15N3O3. The van der Waals surface area contributed by atoms with Gasteiger partial charge in [-0.2, -0.15) is 0 Å². The molecule has 0 radical (unpaired) electrons. The zero-order valence-electron chi connectivity index (χ0n) is 12.4. The van der Waals surface area contributed by atoms with Crippen LogP contribution in [0.4, 0.5) is 4.79 Å². The molecule has 0 aromatic heterocycles. The highest BCUT2D eigenvalue weighted by atomic mass is 16.2. The Labute approximate surface area is 132 Å². The van der Waals surface area contributed by atoms with Gasteiger partial charge < -0.3 is 10.2 Å². The van der Waals surface area contributed by atoms with E-state index in [1.165, 1.54) is 4.90 Å². The normalized spacial score (nSPS) is 18.3. The monoisotopic (exact) mass is 309 g/mol. The number of hydrogen-bond donors (Lipinski definition) is 1. The quantitative estimate of drug-likeness (QED) is 0.848. The van der Waals surface area contributed by atoms with Crippen molar-refractivity contribution in [2.45, 2.75) is 6.04 Å². The van der Waals surface area contributed by atoms with Gasteiger partial charge in [0.05, 0.1) is 12.6 Å². The molecule has 0 aliphatic carbocycles. The Hall–Kier alpha value is -2.89. The molecule has 6 heteroatoms. The fraction of sp³-hybridized carbons (Fsp3) is 0.235. The zero-order valence-corrected chi connectivity index (χ0v) is 12.4. The van der Waals surface area contributed by atoms with E-state index in [1.807, 2.05) is 42.5 Å². The Morgan fingerprint density at radius 3 is 2.52 bits per heavy atom. The number of nitrogens with zero attached hydrogens (tertiary/aromatic N) is 2. The number of nitrogens with one attached hydrogen (secondary N) is 1. The second-order valence-electron chi connectivity index (χ2n) is 5.81. The highest BCUT2D eigenvalue weighted by Gasteiger charge is 2.43. The van der Waals surface area contributed by atoms with Crippen LogP contribution in [0.5, 0.6) is 0 Å². The lowest BCUT2D eigenvalue weighted by molar-refractivity contribution is -0.128. The van der Waals surface area contributed by atoms with Crippen molar-refractivity contribution in [1.29, 1.82) is 0 Å². The number of carbonyl (C=O) groups is 3. The number of fused-ring (bicyclic) bond motifs is 1. The summed E-state index contributed by atoms with van der Waals surface area (Å²) in [4.78, 5) is 38.9. The van der Waals surface area contributed by atoms with Crippen LogP contribution in [0.15, 0.2) is 42.5 Å². The molecule has 2 heterocycles. The molecule has 2 aliphatic rings. The van der Waals surface area contributed by atoms with Crippen LogP contribution >= 0.6 is 0 Å². The van der Waals surface area contributed by atoms with E-state index in [-0.39, 0.29) is 30.4 Å². The first-order valence-electron chi connectivity index (χ1n) is 7.52. The van der Waals surface area contributed by atoms with Crippen molar-refractivity contribution >= 4 is 28.6 Å². The number of imide groups is 1. The van der Waals surface area contributed by atoms with Crippen LogP contribution in [0.1, 0.15) is 10.4 Å². The van der Waals surface area contributed by atoms with E-state index in [9.17, 15) is 14.4 Å². The summed E-state index contributed by atoms with van der Waals surface area (Å²) in [5.74, 6) is -0.289. The van der Waals surface area contributed by atoms with Crippen LogP contribution in [0, 0.1) is 0 Å². The van der Waals surface area contributed by atoms with E-state index < -0.39 is 0 Å². The van der Waals surface area contributed by atoms with Crippen LogP contribution in [0.3, 0.4) is 0 Å². The lowest BCUT2D eigenvalue weighted by atomic mass is 10.0. The van der Waals surface area contributed by atoms with Gasteiger partial charge in [0.1, 0.15) is 0 Å². The van der Waals surface area contributed by atoms with E-state index in [2.05, 4.69) is 5.32 Å². The third-order valence-electron chi connectivity index (χ3n) is 4.41. The molecule has 2 aromatic rings. The van der Waals surface area contributed by atoms with Crippen molar-refractivity contribution in [3.8, 4) is 0 Å². The number of urea groups is 1. The lowest BCUT2D eigenvalue weighted by Crippen LogP contribution is -2.62. The first-order valence-corrected chi connectivity index (χ1v) is 7.52. The van der Waals surface area contributed by atoms with Crippen molar-refractivity contribution < 1.29 is 14.4 Å². The van der Waals surface area contributed by atoms with Crippen LogP contribution < -0.4 is 5.32 Å². The predicted molar refractivity (Wildman–Crippen MR) is 83.9 cm³/mol.